The molecule has 0 unspecified atom stereocenters. The quantitative estimate of drug-likeness (QED) is 0.608. The molecule has 0 N–H and O–H groups in total. The molecule has 20 heavy (non-hydrogen) atoms. The maximum atomic E-state index is 11.8. The molecule has 6 heteroatoms. The summed E-state index contributed by atoms with van der Waals surface area (Å²) in [5, 5.41) is -0.949. The third-order valence-electron chi connectivity index (χ3n) is 3.42. The summed E-state index contributed by atoms with van der Waals surface area (Å²) in [7, 11) is -3.30. The van der Waals surface area contributed by atoms with Gasteiger partial charge in [0.2, 0.25) is 0 Å². The molecule has 1 fully saturated rings. The summed E-state index contributed by atoms with van der Waals surface area (Å²) < 4.78 is 28.6. The minimum absolute atomic E-state index is 0.0997. The minimum Gasteiger partial charge on any atom is -0.465 e. The van der Waals surface area contributed by atoms with Gasteiger partial charge in [-0.05, 0) is 37.3 Å². The second-order valence-corrected chi connectivity index (χ2v) is 7.29. The number of esters is 1. The van der Waals surface area contributed by atoms with Gasteiger partial charge < -0.3 is 4.74 Å². The molecular weight excluding hydrogens is 278 g/mol. The number of hydrogen-bond acceptors (Lipinski definition) is 5. The lowest BCUT2D eigenvalue weighted by Crippen LogP contribution is -2.36. The third-order valence-corrected chi connectivity index (χ3v) is 5.57. The molecule has 0 spiro atoms. The van der Waals surface area contributed by atoms with E-state index in [0.29, 0.717) is 19.3 Å². The highest BCUT2D eigenvalue weighted by Crippen LogP contribution is 2.20. The van der Waals surface area contributed by atoms with Crippen LogP contribution in [-0.2, 0) is 25.8 Å². The van der Waals surface area contributed by atoms with Gasteiger partial charge in [-0.2, -0.15) is 0 Å². The highest BCUT2D eigenvalue weighted by molar-refractivity contribution is 7.92. The van der Waals surface area contributed by atoms with Gasteiger partial charge in [0.05, 0.1) is 12.4 Å². The standard InChI is InChI=1S/C14H19NO4S/c16-14(13-7-1-2-10-20(13,17)18)19-9-4-6-12-5-3-8-15-11-12/h3,5,8,11,13H,1-2,4,6-7,9-10H2/t13-/m0/s1. The van der Waals surface area contributed by atoms with Gasteiger partial charge in [0, 0.05) is 12.4 Å². The molecular formula is C14H19NO4S. The molecule has 0 amide bonds. The number of hydrogen-bond donors (Lipinski definition) is 0. The Morgan fingerprint density at radius 2 is 2.25 bits per heavy atom. The average Bonchev–Trinajstić information content (AvgIpc) is 2.44. The van der Waals surface area contributed by atoms with Crippen molar-refractivity contribution in [3.05, 3.63) is 30.1 Å². The number of ether oxygens (including phenoxy) is 1. The van der Waals surface area contributed by atoms with Gasteiger partial charge in [-0.3, -0.25) is 9.78 Å². The fourth-order valence-corrected chi connectivity index (χ4v) is 4.09. The van der Waals surface area contributed by atoms with E-state index in [1.54, 1.807) is 12.4 Å². The number of sulfone groups is 1. The maximum Gasteiger partial charge on any atom is 0.324 e. The van der Waals surface area contributed by atoms with Crippen molar-refractivity contribution in [3.8, 4) is 0 Å². The largest absolute Gasteiger partial charge is 0.465 e. The van der Waals surface area contributed by atoms with Crippen molar-refractivity contribution in [2.75, 3.05) is 12.4 Å². The van der Waals surface area contributed by atoms with Crippen LogP contribution in [-0.4, -0.2) is 37.0 Å². The van der Waals surface area contributed by atoms with Crippen LogP contribution in [0.1, 0.15) is 31.2 Å². The Balaban J connectivity index is 1.75. The lowest BCUT2D eigenvalue weighted by atomic mass is 10.2. The molecule has 1 aromatic rings. The average molecular weight is 297 g/mol. The zero-order valence-corrected chi connectivity index (χ0v) is 12.1. The van der Waals surface area contributed by atoms with Crippen molar-refractivity contribution in [1.82, 2.24) is 4.98 Å². The summed E-state index contributed by atoms with van der Waals surface area (Å²) in [4.78, 5) is 15.8. The maximum absolute atomic E-state index is 11.8. The Morgan fingerprint density at radius 3 is 2.95 bits per heavy atom. The van der Waals surface area contributed by atoms with E-state index in [-0.39, 0.29) is 12.4 Å². The second-order valence-electron chi connectivity index (χ2n) is 4.98. The van der Waals surface area contributed by atoms with Crippen LogP contribution >= 0.6 is 0 Å². The van der Waals surface area contributed by atoms with E-state index in [9.17, 15) is 13.2 Å². The monoisotopic (exact) mass is 297 g/mol. The summed E-state index contributed by atoms with van der Waals surface area (Å²) in [6.45, 7) is 0.250. The molecule has 0 aromatic carbocycles. The molecule has 5 nitrogen and oxygen atoms in total. The van der Waals surface area contributed by atoms with Gasteiger partial charge in [0.25, 0.3) is 0 Å². The van der Waals surface area contributed by atoms with E-state index >= 15 is 0 Å². The van der Waals surface area contributed by atoms with Crippen molar-refractivity contribution in [2.24, 2.45) is 0 Å². The molecule has 2 heterocycles. The van der Waals surface area contributed by atoms with Gasteiger partial charge in [-0.15, -0.1) is 0 Å². The Morgan fingerprint density at radius 1 is 1.40 bits per heavy atom. The minimum atomic E-state index is -3.30. The van der Waals surface area contributed by atoms with Crippen LogP contribution < -0.4 is 0 Å². The van der Waals surface area contributed by atoms with E-state index in [4.69, 9.17) is 4.74 Å². The van der Waals surface area contributed by atoms with E-state index in [1.807, 2.05) is 12.1 Å². The molecule has 1 aromatic heterocycles. The number of nitrogens with zero attached hydrogens (tertiary/aromatic N) is 1. The zero-order valence-electron chi connectivity index (χ0n) is 11.3. The van der Waals surface area contributed by atoms with Crippen LogP contribution in [0.2, 0.25) is 0 Å². The lowest BCUT2D eigenvalue weighted by Gasteiger charge is -2.20. The Bertz CT molecular complexity index is 542. The van der Waals surface area contributed by atoms with E-state index < -0.39 is 21.1 Å². The normalized spacial score (nSPS) is 21.3. The molecule has 2 rings (SSSR count). The van der Waals surface area contributed by atoms with E-state index in [1.165, 1.54) is 0 Å². The van der Waals surface area contributed by atoms with Crippen LogP contribution in [0.15, 0.2) is 24.5 Å². The van der Waals surface area contributed by atoms with Crippen LogP contribution in [0.4, 0.5) is 0 Å². The first-order valence-electron chi connectivity index (χ1n) is 6.87. The van der Waals surface area contributed by atoms with Gasteiger partial charge in [-0.1, -0.05) is 12.5 Å². The smallest absolute Gasteiger partial charge is 0.324 e. The number of aryl methyl sites for hydroxylation is 1. The van der Waals surface area contributed by atoms with Gasteiger partial charge in [0.1, 0.15) is 0 Å². The zero-order chi connectivity index (χ0) is 14.4. The predicted octanol–water partition coefficient (Wildman–Crippen LogP) is 1.52. The summed E-state index contributed by atoms with van der Waals surface area (Å²) in [6.07, 6.45) is 6.72. The summed E-state index contributed by atoms with van der Waals surface area (Å²) in [5.41, 5.74) is 1.08. The van der Waals surface area contributed by atoms with Gasteiger partial charge in [-0.25, -0.2) is 8.42 Å². The van der Waals surface area contributed by atoms with Crippen LogP contribution in [0.25, 0.3) is 0 Å². The van der Waals surface area contributed by atoms with Crippen LogP contribution in [0.5, 0.6) is 0 Å². The van der Waals surface area contributed by atoms with Gasteiger partial charge in [0.15, 0.2) is 15.1 Å². The van der Waals surface area contributed by atoms with Crippen LogP contribution in [0.3, 0.4) is 0 Å². The first-order valence-corrected chi connectivity index (χ1v) is 8.58. The molecule has 0 bridgehead atoms. The Hall–Kier alpha value is -1.43. The number of carbonyl (C=O) groups is 1. The molecule has 1 saturated heterocycles. The number of rotatable bonds is 5. The molecule has 0 aliphatic carbocycles. The van der Waals surface area contributed by atoms with Crippen molar-refractivity contribution < 1.29 is 17.9 Å². The molecule has 0 radical (unpaired) electrons. The SMILES string of the molecule is O=C(OCCCc1cccnc1)[C@@H]1CCCCS1(=O)=O. The van der Waals surface area contributed by atoms with Crippen molar-refractivity contribution >= 4 is 15.8 Å². The van der Waals surface area contributed by atoms with E-state index in [2.05, 4.69) is 4.98 Å². The van der Waals surface area contributed by atoms with Gasteiger partial charge >= 0.3 is 5.97 Å². The lowest BCUT2D eigenvalue weighted by molar-refractivity contribution is -0.143. The van der Waals surface area contributed by atoms with Crippen LogP contribution in [0, 0.1) is 0 Å². The van der Waals surface area contributed by atoms with Crippen molar-refractivity contribution in [3.63, 3.8) is 0 Å². The molecule has 110 valence electrons. The van der Waals surface area contributed by atoms with Crippen molar-refractivity contribution in [1.29, 1.82) is 0 Å². The molecule has 0 saturated carbocycles. The fraction of sp³-hybridized carbons (Fsp3) is 0.571. The Kier molecular flexibility index (Phi) is 5.11. The summed E-state index contributed by atoms with van der Waals surface area (Å²) >= 11 is 0. The number of carbonyl (C=O) groups excluding carboxylic acids is 1. The Labute approximate surface area is 119 Å². The molecule has 1 aliphatic heterocycles. The summed E-state index contributed by atoms with van der Waals surface area (Å²) in [5.74, 6) is -0.487. The van der Waals surface area contributed by atoms with E-state index in [0.717, 1.165) is 18.4 Å². The molecule has 1 aliphatic rings. The number of aromatic nitrogens is 1. The topological polar surface area (TPSA) is 73.3 Å². The van der Waals surface area contributed by atoms with Crippen molar-refractivity contribution in [2.45, 2.75) is 37.4 Å². The first kappa shape index (κ1) is 15.0. The summed E-state index contributed by atoms with van der Waals surface area (Å²) in [6, 6.07) is 3.82. The highest BCUT2D eigenvalue weighted by atomic mass is 32.2. The molecule has 1 atom stereocenters. The second kappa shape index (κ2) is 6.83. The predicted molar refractivity (Wildman–Crippen MR) is 74.9 cm³/mol. The third kappa shape index (κ3) is 4.03. The first-order chi connectivity index (χ1) is 9.59. The fourth-order valence-electron chi connectivity index (χ4n) is 2.31. The number of pyridine rings is 1. The highest BCUT2D eigenvalue weighted by Gasteiger charge is 2.35.